The molecule has 0 bridgehead atoms. The molecule has 2 aromatic rings. The van der Waals surface area contributed by atoms with Gasteiger partial charge in [0.05, 0.1) is 0 Å². The molecular formula is C18H24N4O. The van der Waals surface area contributed by atoms with Gasteiger partial charge in [0.15, 0.2) is 0 Å². The monoisotopic (exact) mass is 312 g/mol. The number of carbonyl (C=O) groups excluding carboxylic acids is 1. The summed E-state index contributed by atoms with van der Waals surface area (Å²) in [6, 6.07) is 12.1. The van der Waals surface area contributed by atoms with Crippen LogP contribution in [0.15, 0.2) is 48.8 Å². The predicted octanol–water partition coefficient (Wildman–Crippen LogP) is 2.49. The predicted molar refractivity (Wildman–Crippen MR) is 90.8 cm³/mol. The second kappa shape index (κ2) is 6.98. The molecule has 1 aliphatic heterocycles. The van der Waals surface area contributed by atoms with Crippen molar-refractivity contribution in [3.05, 3.63) is 59.9 Å². The van der Waals surface area contributed by atoms with Gasteiger partial charge in [-0.2, -0.15) is 0 Å². The third kappa shape index (κ3) is 3.81. The highest BCUT2D eigenvalue weighted by atomic mass is 16.2. The van der Waals surface area contributed by atoms with Crippen molar-refractivity contribution in [2.45, 2.75) is 31.8 Å². The maximum Gasteiger partial charge on any atom is 0.265 e. The van der Waals surface area contributed by atoms with Crippen LogP contribution in [0.4, 0.5) is 0 Å². The van der Waals surface area contributed by atoms with Crippen LogP contribution < -0.4 is 11.2 Å². The van der Waals surface area contributed by atoms with Crippen LogP contribution in [0.3, 0.4) is 0 Å². The summed E-state index contributed by atoms with van der Waals surface area (Å²) in [6.45, 7) is 3.67. The van der Waals surface area contributed by atoms with Gasteiger partial charge in [-0.05, 0) is 49.6 Å². The van der Waals surface area contributed by atoms with Crippen molar-refractivity contribution in [1.29, 1.82) is 0 Å². The molecule has 1 unspecified atom stereocenters. The average molecular weight is 312 g/mol. The second-order valence-corrected chi connectivity index (χ2v) is 6.20. The van der Waals surface area contributed by atoms with Crippen molar-refractivity contribution in [2.75, 3.05) is 13.1 Å². The number of benzene rings is 1. The first-order chi connectivity index (χ1) is 11.1. The number of piperidine rings is 1. The largest absolute Gasteiger partial charge is 0.351 e. The molecule has 0 saturated carbocycles. The molecule has 1 fully saturated rings. The van der Waals surface area contributed by atoms with Crippen molar-refractivity contribution in [3.8, 4) is 0 Å². The van der Waals surface area contributed by atoms with Crippen LogP contribution in [-0.4, -0.2) is 28.6 Å². The van der Waals surface area contributed by atoms with Crippen LogP contribution in [0.5, 0.6) is 0 Å². The van der Waals surface area contributed by atoms with E-state index in [0.717, 1.165) is 31.5 Å². The Balaban J connectivity index is 1.53. The first kappa shape index (κ1) is 15.8. The number of hydrogen-bond donors (Lipinski definition) is 2. The number of hydrogen-bond acceptors (Lipinski definition) is 3. The Hall–Kier alpha value is -2.11. The maximum atomic E-state index is 12.3. The third-order valence-electron chi connectivity index (χ3n) is 4.47. The van der Waals surface area contributed by atoms with Gasteiger partial charge in [-0.1, -0.05) is 12.1 Å². The topological polar surface area (TPSA) is 63.3 Å². The minimum Gasteiger partial charge on any atom is -0.351 e. The van der Waals surface area contributed by atoms with E-state index in [0.29, 0.717) is 11.6 Å². The molecule has 0 aliphatic carbocycles. The normalized spacial score (nSPS) is 17.8. The highest BCUT2D eigenvalue weighted by Gasteiger charge is 2.21. The number of hydrazine groups is 1. The number of nitrogens with two attached hydrogens (primary N) is 1. The number of amides is 1. The lowest BCUT2D eigenvalue weighted by Crippen LogP contribution is -2.46. The van der Waals surface area contributed by atoms with Gasteiger partial charge in [0.1, 0.15) is 0 Å². The zero-order valence-corrected chi connectivity index (χ0v) is 13.5. The first-order valence-corrected chi connectivity index (χ1v) is 8.17. The van der Waals surface area contributed by atoms with E-state index >= 15 is 0 Å². The molecule has 0 spiro atoms. The van der Waals surface area contributed by atoms with Gasteiger partial charge in [-0.3, -0.25) is 10.2 Å². The van der Waals surface area contributed by atoms with E-state index in [2.05, 4.69) is 34.5 Å². The zero-order valence-electron chi connectivity index (χ0n) is 13.5. The van der Waals surface area contributed by atoms with Crippen LogP contribution in [0.1, 0.15) is 47.8 Å². The molecule has 5 nitrogen and oxygen atoms in total. The molecule has 1 atom stereocenters. The van der Waals surface area contributed by atoms with Crippen molar-refractivity contribution >= 4 is 5.91 Å². The fourth-order valence-electron chi connectivity index (χ4n) is 3.01. The zero-order chi connectivity index (χ0) is 16.2. The number of carbonyl (C=O) groups is 1. The van der Waals surface area contributed by atoms with Crippen LogP contribution in [0.2, 0.25) is 0 Å². The van der Waals surface area contributed by atoms with Crippen LogP contribution in [0, 0.1) is 0 Å². The van der Waals surface area contributed by atoms with Gasteiger partial charge < -0.3 is 10.3 Å². The Morgan fingerprint density at radius 1 is 1.17 bits per heavy atom. The summed E-state index contributed by atoms with van der Waals surface area (Å²) in [6.07, 6.45) is 6.30. The molecule has 3 rings (SSSR count). The quantitative estimate of drug-likeness (QED) is 0.911. The van der Waals surface area contributed by atoms with Gasteiger partial charge in [0.2, 0.25) is 0 Å². The highest BCUT2D eigenvalue weighted by Crippen LogP contribution is 2.21. The standard InChI is InChI=1S/C18H24N4O/c1-14(19)15-4-6-16(7-5-15)18(23)20-22-12-8-17(9-13-22)21-10-2-3-11-21/h2-7,10-11,14,17H,8-9,12-13,19H2,1H3,(H,20,23). The molecule has 3 N–H and O–H groups in total. The Kier molecular flexibility index (Phi) is 4.79. The Morgan fingerprint density at radius 3 is 2.35 bits per heavy atom. The van der Waals surface area contributed by atoms with E-state index in [-0.39, 0.29) is 11.9 Å². The fourth-order valence-corrected chi connectivity index (χ4v) is 3.01. The summed E-state index contributed by atoms with van der Waals surface area (Å²) in [5.41, 5.74) is 10.5. The van der Waals surface area contributed by atoms with E-state index in [1.165, 1.54) is 0 Å². The van der Waals surface area contributed by atoms with Gasteiger partial charge in [-0.15, -0.1) is 0 Å². The Labute approximate surface area is 137 Å². The SMILES string of the molecule is CC(N)c1ccc(C(=O)NN2CCC(n3cccc3)CC2)cc1. The van der Waals surface area contributed by atoms with E-state index < -0.39 is 0 Å². The lowest BCUT2D eigenvalue weighted by Gasteiger charge is -2.32. The second-order valence-electron chi connectivity index (χ2n) is 6.20. The summed E-state index contributed by atoms with van der Waals surface area (Å²) in [5.74, 6) is -0.0550. The summed E-state index contributed by atoms with van der Waals surface area (Å²) in [7, 11) is 0. The van der Waals surface area contributed by atoms with Gasteiger partial charge >= 0.3 is 0 Å². The summed E-state index contributed by atoms with van der Waals surface area (Å²) in [4.78, 5) is 12.3. The molecule has 23 heavy (non-hydrogen) atoms. The van der Waals surface area contributed by atoms with Gasteiger partial charge in [0, 0.05) is 43.1 Å². The van der Waals surface area contributed by atoms with Crippen LogP contribution >= 0.6 is 0 Å². The Bertz CT molecular complexity index is 626. The van der Waals surface area contributed by atoms with Crippen molar-refractivity contribution in [3.63, 3.8) is 0 Å². The molecule has 2 heterocycles. The van der Waals surface area contributed by atoms with Crippen molar-refractivity contribution < 1.29 is 4.79 Å². The summed E-state index contributed by atoms with van der Waals surface area (Å²) >= 11 is 0. The molecule has 1 aliphatic rings. The number of aromatic nitrogens is 1. The van der Waals surface area contributed by atoms with Crippen LogP contribution in [-0.2, 0) is 0 Å². The lowest BCUT2D eigenvalue weighted by atomic mass is 10.1. The lowest BCUT2D eigenvalue weighted by molar-refractivity contribution is 0.0708. The van der Waals surface area contributed by atoms with Crippen molar-refractivity contribution in [2.24, 2.45) is 5.73 Å². The number of nitrogens with zero attached hydrogens (tertiary/aromatic N) is 2. The number of rotatable bonds is 4. The maximum absolute atomic E-state index is 12.3. The molecular weight excluding hydrogens is 288 g/mol. The third-order valence-corrected chi connectivity index (χ3v) is 4.47. The van der Waals surface area contributed by atoms with E-state index in [4.69, 9.17) is 5.73 Å². The minimum atomic E-state index is -0.0550. The molecule has 1 saturated heterocycles. The van der Waals surface area contributed by atoms with E-state index in [1.54, 1.807) is 0 Å². The molecule has 5 heteroatoms. The molecule has 0 radical (unpaired) electrons. The van der Waals surface area contributed by atoms with Gasteiger partial charge in [-0.25, -0.2) is 5.01 Å². The average Bonchev–Trinajstić information content (AvgIpc) is 3.10. The van der Waals surface area contributed by atoms with Crippen molar-refractivity contribution in [1.82, 2.24) is 15.0 Å². The smallest absolute Gasteiger partial charge is 0.265 e. The Morgan fingerprint density at radius 2 is 1.78 bits per heavy atom. The van der Waals surface area contributed by atoms with E-state index in [9.17, 15) is 4.79 Å². The highest BCUT2D eigenvalue weighted by molar-refractivity contribution is 5.93. The van der Waals surface area contributed by atoms with Crippen LogP contribution in [0.25, 0.3) is 0 Å². The summed E-state index contributed by atoms with van der Waals surface area (Å²) < 4.78 is 2.26. The molecule has 122 valence electrons. The van der Waals surface area contributed by atoms with E-state index in [1.807, 2.05) is 36.2 Å². The van der Waals surface area contributed by atoms with Gasteiger partial charge in [0.25, 0.3) is 5.91 Å². The first-order valence-electron chi connectivity index (χ1n) is 8.17. The number of nitrogens with one attached hydrogen (secondary N) is 1. The minimum absolute atomic E-state index is 0.0141. The summed E-state index contributed by atoms with van der Waals surface area (Å²) in [5, 5.41) is 2.02. The fraction of sp³-hybridized carbons (Fsp3) is 0.389. The molecule has 1 aromatic heterocycles. The molecule has 1 aromatic carbocycles. The molecule has 1 amide bonds.